The lowest BCUT2D eigenvalue weighted by Crippen LogP contribution is -2.44. The maximum atomic E-state index is 13.3. The Labute approximate surface area is 190 Å². The number of nitrogens with one attached hydrogen (secondary N) is 1. The first kappa shape index (κ1) is 24.1. The monoisotopic (exact) mass is 467 g/mol. The number of sulfonamides is 1. The molecule has 0 saturated heterocycles. The van der Waals surface area contributed by atoms with Crippen LogP contribution in [0.25, 0.3) is 0 Å². The number of carbonyl (C=O) groups is 2. The number of nitrogens with zero attached hydrogens (tertiary/aromatic N) is 2. The summed E-state index contributed by atoms with van der Waals surface area (Å²) in [5.41, 5.74) is 0.498. The molecule has 1 fully saturated rings. The van der Waals surface area contributed by atoms with Gasteiger partial charge in [-0.2, -0.15) is 4.31 Å². The molecular weight excluding hydrogens is 434 g/mol. The Hall–Kier alpha value is -1.58. The molecule has 1 heterocycles. The summed E-state index contributed by atoms with van der Waals surface area (Å²) in [4.78, 5) is 27.4. The zero-order valence-corrected chi connectivity index (χ0v) is 20.2. The smallest absolute Gasteiger partial charge is 0.243 e. The van der Waals surface area contributed by atoms with Crippen LogP contribution in [0.3, 0.4) is 0 Å². The van der Waals surface area contributed by atoms with Crippen LogP contribution in [-0.4, -0.2) is 56.5 Å². The van der Waals surface area contributed by atoms with Gasteiger partial charge >= 0.3 is 0 Å². The third kappa shape index (κ3) is 5.81. The number of anilines is 1. The van der Waals surface area contributed by atoms with Gasteiger partial charge in [-0.1, -0.05) is 33.1 Å². The van der Waals surface area contributed by atoms with Gasteiger partial charge in [0.25, 0.3) is 0 Å². The summed E-state index contributed by atoms with van der Waals surface area (Å²) in [5.74, 6) is 0.287. The number of rotatable bonds is 8. The molecule has 1 aliphatic heterocycles. The van der Waals surface area contributed by atoms with Gasteiger partial charge in [0.05, 0.1) is 16.3 Å². The Balaban J connectivity index is 1.81. The van der Waals surface area contributed by atoms with Crippen LogP contribution in [-0.2, 0) is 19.6 Å². The molecule has 0 radical (unpaired) electrons. The summed E-state index contributed by atoms with van der Waals surface area (Å²) in [6.07, 6.45) is 5.84. The van der Waals surface area contributed by atoms with Crippen LogP contribution in [0.15, 0.2) is 28.0 Å². The predicted octanol–water partition coefficient (Wildman–Crippen LogP) is 3.24. The van der Waals surface area contributed by atoms with E-state index in [9.17, 15) is 18.0 Å². The molecule has 1 aromatic rings. The van der Waals surface area contributed by atoms with E-state index in [1.807, 2.05) is 0 Å². The molecule has 0 aromatic heterocycles. The molecule has 1 aromatic carbocycles. The number of carbonyl (C=O) groups excluding carboxylic acids is 2. The zero-order chi connectivity index (χ0) is 22.6. The van der Waals surface area contributed by atoms with Gasteiger partial charge in [0, 0.05) is 24.5 Å². The van der Waals surface area contributed by atoms with Crippen molar-refractivity contribution in [1.82, 2.24) is 9.62 Å². The molecule has 0 unspecified atom stereocenters. The highest BCUT2D eigenvalue weighted by atomic mass is 32.2. The molecule has 0 spiro atoms. The summed E-state index contributed by atoms with van der Waals surface area (Å²) < 4.78 is 28.0. The first-order chi connectivity index (χ1) is 14.7. The normalized spacial score (nSPS) is 17.8. The molecule has 1 aliphatic carbocycles. The van der Waals surface area contributed by atoms with E-state index < -0.39 is 10.0 Å². The minimum atomic E-state index is -3.68. The lowest BCUT2D eigenvalue weighted by atomic mass is 9.96. The van der Waals surface area contributed by atoms with E-state index in [-0.39, 0.29) is 35.0 Å². The Morgan fingerprint density at radius 1 is 1.26 bits per heavy atom. The SMILES string of the molecule is CC(C)CCNC(=O)CN1C(=O)CSc2ccc(S(=O)(=O)N(C)C3CCCCC3)cc21. The van der Waals surface area contributed by atoms with E-state index in [2.05, 4.69) is 19.2 Å². The molecule has 7 nitrogen and oxygen atoms in total. The van der Waals surface area contributed by atoms with Crippen molar-refractivity contribution in [1.29, 1.82) is 0 Å². The predicted molar refractivity (Wildman–Crippen MR) is 124 cm³/mol. The topological polar surface area (TPSA) is 86.8 Å². The van der Waals surface area contributed by atoms with Gasteiger partial charge in [0.15, 0.2) is 0 Å². The highest BCUT2D eigenvalue weighted by molar-refractivity contribution is 8.00. The molecule has 9 heteroatoms. The molecule has 0 atom stereocenters. The molecule has 2 amide bonds. The third-order valence-electron chi connectivity index (χ3n) is 5.98. The Bertz CT molecular complexity index is 911. The minimum absolute atomic E-state index is 0.00799. The molecule has 31 heavy (non-hydrogen) atoms. The van der Waals surface area contributed by atoms with Crippen LogP contribution in [0.1, 0.15) is 52.4 Å². The standard InChI is InChI=1S/C22H33N3O4S2/c1-16(2)11-12-23-21(26)14-25-19-13-18(9-10-20(19)30-15-22(25)27)31(28,29)24(3)17-7-5-4-6-8-17/h9-10,13,16-17H,4-8,11-12,14-15H2,1-3H3,(H,23,26). The largest absolute Gasteiger partial charge is 0.355 e. The van der Waals surface area contributed by atoms with Crippen molar-refractivity contribution in [3.8, 4) is 0 Å². The van der Waals surface area contributed by atoms with Crippen LogP contribution < -0.4 is 10.2 Å². The zero-order valence-electron chi connectivity index (χ0n) is 18.6. The van der Waals surface area contributed by atoms with Crippen molar-refractivity contribution >= 4 is 39.3 Å². The van der Waals surface area contributed by atoms with Crippen molar-refractivity contribution in [2.75, 3.05) is 30.8 Å². The number of amides is 2. The lowest BCUT2D eigenvalue weighted by molar-refractivity contribution is -0.123. The number of hydrogen-bond acceptors (Lipinski definition) is 5. The first-order valence-electron chi connectivity index (χ1n) is 11.0. The summed E-state index contributed by atoms with van der Waals surface area (Å²) in [6, 6.07) is 4.92. The van der Waals surface area contributed by atoms with E-state index in [1.54, 1.807) is 25.2 Å². The molecule has 2 aliphatic rings. The van der Waals surface area contributed by atoms with Gasteiger partial charge in [-0.25, -0.2) is 8.42 Å². The second kappa shape index (κ2) is 10.4. The number of hydrogen-bond donors (Lipinski definition) is 1. The van der Waals surface area contributed by atoms with E-state index in [0.29, 0.717) is 18.2 Å². The average Bonchev–Trinajstić information content (AvgIpc) is 2.75. The summed E-state index contributed by atoms with van der Waals surface area (Å²) in [5, 5.41) is 2.85. The van der Waals surface area contributed by atoms with Crippen LogP contribution in [0, 0.1) is 5.92 Å². The van der Waals surface area contributed by atoms with Gasteiger partial charge < -0.3 is 10.2 Å². The van der Waals surface area contributed by atoms with Gasteiger partial charge in [-0.15, -0.1) is 11.8 Å². The third-order valence-corrected chi connectivity index (χ3v) is 8.94. The van der Waals surface area contributed by atoms with E-state index in [0.717, 1.165) is 43.4 Å². The fourth-order valence-electron chi connectivity index (χ4n) is 4.02. The van der Waals surface area contributed by atoms with E-state index >= 15 is 0 Å². The fourth-order valence-corrected chi connectivity index (χ4v) is 6.38. The summed E-state index contributed by atoms with van der Waals surface area (Å²) in [7, 11) is -2.04. The first-order valence-corrected chi connectivity index (χ1v) is 13.4. The lowest BCUT2D eigenvalue weighted by Gasteiger charge is -2.32. The van der Waals surface area contributed by atoms with Gasteiger partial charge in [-0.3, -0.25) is 9.59 Å². The second-order valence-electron chi connectivity index (χ2n) is 8.74. The van der Waals surface area contributed by atoms with Crippen molar-refractivity contribution in [2.24, 2.45) is 5.92 Å². The quantitative estimate of drug-likeness (QED) is 0.634. The Kier molecular flexibility index (Phi) is 8.04. The maximum Gasteiger partial charge on any atom is 0.243 e. The Morgan fingerprint density at radius 2 is 1.97 bits per heavy atom. The van der Waals surface area contributed by atoms with Crippen LogP contribution in [0.4, 0.5) is 5.69 Å². The molecule has 3 rings (SSSR count). The molecule has 1 saturated carbocycles. The van der Waals surface area contributed by atoms with Crippen LogP contribution >= 0.6 is 11.8 Å². The van der Waals surface area contributed by atoms with Crippen LogP contribution in [0.2, 0.25) is 0 Å². The van der Waals surface area contributed by atoms with E-state index in [1.165, 1.54) is 21.0 Å². The van der Waals surface area contributed by atoms with Crippen molar-refractivity contribution in [3.05, 3.63) is 18.2 Å². The number of benzene rings is 1. The maximum absolute atomic E-state index is 13.3. The van der Waals surface area contributed by atoms with E-state index in [4.69, 9.17) is 0 Å². The number of thioether (sulfide) groups is 1. The summed E-state index contributed by atoms with van der Waals surface area (Å²) in [6.45, 7) is 4.62. The van der Waals surface area contributed by atoms with Crippen molar-refractivity contribution in [3.63, 3.8) is 0 Å². The van der Waals surface area contributed by atoms with Gasteiger partial charge in [0.1, 0.15) is 6.54 Å². The number of fused-ring (bicyclic) bond motifs is 1. The fraction of sp³-hybridized carbons (Fsp3) is 0.636. The minimum Gasteiger partial charge on any atom is -0.355 e. The van der Waals surface area contributed by atoms with Crippen molar-refractivity contribution < 1.29 is 18.0 Å². The molecule has 0 bridgehead atoms. The van der Waals surface area contributed by atoms with Gasteiger partial charge in [-0.05, 0) is 43.4 Å². The van der Waals surface area contributed by atoms with Gasteiger partial charge in [0.2, 0.25) is 21.8 Å². The summed E-state index contributed by atoms with van der Waals surface area (Å²) >= 11 is 1.37. The molecular formula is C22H33N3O4S2. The molecule has 1 N–H and O–H groups in total. The average molecular weight is 468 g/mol. The van der Waals surface area contributed by atoms with Crippen molar-refractivity contribution in [2.45, 2.75) is 68.2 Å². The molecule has 172 valence electrons. The second-order valence-corrected chi connectivity index (χ2v) is 11.8. The van der Waals surface area contributed by atoms with Crippen LogP contribution in [0.5, 0.6) is 0 Å². The highest BCUT2D eigenvalue weighted by Crippen LogP contribution is 2.38. The Morgan fingerprint density at radius 3 is 2.65 bits per heavy atom. The highest BCUT2D eigenvalue weighted by Gasteiger charge is 2.32.